The fourth-order valence-electron chi connectivity index (χ4n) is 2.34. The summed E-state index contributed by atoms with van der Waals surface area (Å²) in [5, 5.41) is 17.2. The minimum Gasteiger partial charge on any atom is -0.335 e. The van der Waals surface area contributed by atoms with Gasteiger partial charge >= 0.3 is 6.03 Å². The average Bonchev–Trinajstić information content (AvgIpc) is 2.96. The van der Waals surface area contributed by atoms with Crippen molar-refractivity contribution in [1.82, 2.24) is 25.3 Å². The SMILES string of the molecule is CCCc1cc(NC(=O)NC(C)Cc2cc(C)[nH]n2)n(C)n1. The van der Waals surface area contributed by atoms with E-state index in [1.165, 1.54) is 0 Å². The third kappa shape index (κ3) is 4.34. The Balaban J connectivity index is 1.86. The van der Waals surface area contributed by atoms with Crippen LogP contribution in [0.3, 0.4) is 0 Å². The monoisotopic (exact) mass is 304 g/mol. The minimum absolute atomic E-state index is 0.00830. The molecule has 2 aromatic rings. The van der Waals surface area contributed by atoms with E-state index in [1.807, 2.05) is 33.0 Å². The molecule has 3 N–H and O–H groups in total. The average molecular weight is 304 g/mol. The Hall–Kier alpha value is -2.31. The fraction of sp³-hybridized carbons (Fsp3) is 0.533. The number of amides is 2. The summed E-state index contributed by atoms with van der Waals surface area (Å²) in [7, 11) is 1.82. The number of nitrogens with zero attached hydrogens (tertiary/aromatic N) is 3. The summed E-state index contributed by atoms with van der Waals surface area (Å²) in [6.07, 6.45) is 2.62. The highest BCUT2D eigenvalue weighted by Crippen LogP contribution is 2.10. The molecule has 120 valence electrons. The first kappa shape index (κ1) is 16.1. The number of carbonyl (C=O) groups excluding carboxylic acids is 1. The van der Waals surface area contributed by atoms with Crippen LogP contribution in [0.4, 0.5) is 10.6 Å². The van der Waals surface area contributed by atoms with Gasteiger partial charge in [-0.1, -0.05) is 13.3 Å². The molecule has 2 rings (SSSR count). The third-order valence-corrected chi connectivity index (χ3v) is 3.33. The van der Waals surface area contributed by atoms with Crippen LogP contribution >= 0.6 is 0 Å². The molecule has 22 heavy (non-hydrogen) atoms. The van der Waals surface area contributed by atoms with Crippen LogP contribution in [0.1, 0.15) is 37.4 Å². The zero-order valence-corrected chi connectivity index (χ0v) is 13.6. The van der Waals surface area contributed by atoms with Gasteiger partial charge in [-0.25, -0.2) is 4.79 Å². The number of aryl methyl sites for hydroxylation is 3. The summed E-state index contributed by atoms with van der Waals surface area (Å²) < 4.78 is 1.69. The number of carbonyl (C=O) groups is 1. The van der Waals surface area contributed by atoms with Gasteiger partial charge in [-0.15, -0.1) is 0 Å². The van der Waals surface area contributed by atoms with Crippen molar-refractivity contribution in [3.63, 3.8) is 0 Å². The van der Waals surface area contributed by atoms with Gasteiger partial charge < -0.3 is 5.32 Å². The van der Waals surface area contributed by atoms with Crippen LogP contribution in [0.2, 0.25) is 0 Å². The van der Waals surface area contributed by atoms with Gasteiger partial charge in [0.1, 0.15) is 5.82 Å². The van der Waals surface area contributed by atoms with E-state index in [9.17, 15) is 4.79 Å². The van der Waals surface area contributed by atoms with Crippen LogP contribution in [0.15, 0.2) is 12.1 Å². The van der Waals surface area contributed by atoms with Crippen LogP contribution in [0, 0.1) is 6.92 Å². The molecule has 1 atom stereocenters. The molecule has 1 unspecified atom stereocenters. The molecule has 0 bridgehead atoms. The highest BCUT2D eigenvalue weighted by molar-refractivity contribution is 5.88. The van der Waals surface area contributed by atoms with Crippen molar-refractivity contribution < 1.29 is 4.79 Å². The summed E-state index contributed by atoms with van der Waals surface area (Å²) in [5.41, 5.74) is 2.95. The van der Waals surface area contributed by atoms with Gasteiger partial charge in [0.25, 0.3) is 0 Å². The number of rotatable bonds is 6. The maximum Gasteiger partial charge on any atom is 0.320 e. The van der Waals surface area contributed by atoms with Gasteiger partial charge in [0.15, 0.2) is 0 Å². The molecule has 0 radical (unpaired) electrons. The first-order valence-electron chi connectivity index (χ1n) is 7.59. The number of urea groups is 1. The third-order valence-electron chi connectivity index (χ3n) is 3.33. The second-order valence-electron chi connectivity index (χ2n) is 5.64. The highest BCUT2D eigenvalue weighted by atomic mass is 16.2. The summed E-state index contributed by atoms with van der Waals surface area (Å²) >= 11 is 0. The topological polar surface area (TPSA) is 87.6 Å². The van der Waals surface area contributed by atoms with Crippen molar-refractivity contribution in [2.24, 2.45) is 7.05 Å². The molecule has 0 aliphatic carbocycles. The van der Waals surface area contributed by atoms with Crippen LogP contribution in [0.25, 0.3) is 0 Å². The Bertz CT molecular complexity index is 630. The van der Waals surface area contributed by atoms with Crippen molar-refractivity contribution in [3.8, 4) is 0 Å². The molecule has 0 aliphatic heterocycles. The maximum absolute atomic E-state index is 12.0. The van der Waals surface area contributed by atoms with Crippen molar-refractivity contribution in [2.45, 2.75) is 46.1 Å². The van der Waals surface area contributed by atoms with Gasteiger partial charge in [-0.2, -0.15) is 10.2 Å². The molecule has 7 heteroatoms. The van der Waals surface area contributed by atoms with Gasteiger partial charge in [0.2, 0.25) is 0 Å². The summed E-state index contributed by atoms with van der Waals surface area (Å²) in [4.78, 5) is 12.0. The van der Waals surface area contributed by atoms with Crippen LogP contribution in [0.5, 0.6) is 0 Å². The van der Waals surface area contributed by atoms with E-state index in [4.69, 9.17) is 0 Å². The van der Waals surface area contributed by atoms with Crippen molar-refractivity contribution in [1.29, 1.82) is 0 Å². The molecule has 2 aromatic heterocycles. The summed E-state index contributed by atoms with van der Waals surface area (Å²) in [6.45, 7) is 6.01. The lowest BCUT2D eigenvalue weighted by Gasteiger charge is -2.13. The van der Waals surface area contributed by atoms with Gasteiger partial charge in [0, 0.05) is 31.3 Å². The number of aromatic amines is 1. The van der Waals surface area contributed by atoms with Crippen molar-refractivity contribution >= 4 is 11.8 Å². The normalized spacial score (nSPS) is 12.2. The summed E-state index contributed by atoms with van der Waals surface area (Å²) in [5.74, 6) is 0.698. The molecule has 0 fully saturated rings. The first-order valence-corrected chi connectivity index (χ1v) is 7.59. The van der Waals surface area contributed by atoms with Crippen LogP contribution in [-0.2, 0) is 19.9 Å². The number of hydrogen-bond donors (Lipinski definition) is 3. The van der Waals surface area contributed by atoms with Gasteiger partial charge in [-0.05, 0) is 26.3 Å². The number of anilines is 1. The Morgan fingerprint density at radius 3 is 2.82 bits per heavy atom. The molecular formula is C15H24N6O. The molecule has 0 aromatic carbocycles. The lowest BCUT2D eigenvalue weighted by molar-refractivity contribution is 0.249. The maximum atomic E-state index is 12.0. The lowest BCUT2D eigenvalue weighted by atomic mass is 10.2. The van der Waals surface area contributed by atoms with Crippen LogP contribution < -0.4 is 10.6 Å². The Morgan fingerprint density at radius 2 is 2.18 bits per heavy atom. The Kier molecular flexibility index (Phi) is 5.19. The molecule has 0 aliphatic rings. The van der Waals surface area contributed by atoms with Crippen molar-refractivity contribution in [3.05, 3.63) is 29.2 Å². The van der Waals surface area contributed by atoms with E-state index < -0.39 is 0 Å². The fourth-order valence-corrected chi connectivity index (χ4v) is 2.34. The van der Waals surface area contributed by atoms with Gasteiger partial charge in [-0.3, -0.25) is 15.1 Å². The molecule has 7 nitrogen and oxygen atoms in total. The second-order valence-corrected chi connectivity index (χ2v) is 5.64. The van der Waals surface area contributed by atoms with Gasteiger partial charge in [0.05, 0.1) is 11.4 Å². The smallest absolute Gasteiger partial charge is 0.320 e. The van der Waals surface area contributed by atoms with Crippen LogP contribution in [-0.4, -0.2) is 32.1 Å². The van der Waals surface area contributed by atoms with Crippen molar-refractivity contribution in [2.75, 3.05) is 5.32 Å². The molecule has 0 saturated carbocycles. The lowest BCUT2D eigenvalue weighted by Crippen LogP contribution is -2.37. The highest BCUT2D eigenvalue weighted by Gasteiger charge is 2.12. The van der Waals surface area contributed by atoms with E-state index in [0.29, 0.717) is 12.2 Å². The first-order chi connectivity index (χ1) is 10.5. The quantitative estimate of drug-likeness (QED) is 0.764. The molecule has 2 amide bonds. The number of aromatic nitrogens is 4. The zero-order chi connectivity index (χ0) is 16.1. The summed E-state index contributed by atoms with van der Waals surface area (Å²) in [6, 6.07) is 3.65. The number of H-pyrrole nitrogens is 1. The molecule has 0 spiro atoms. The zero-order valence-electron chi connectivity index (χ0n) is 13.6. The minimum atomic E-state index is -0.231. The largest absolute Gasteiger partial charge is 0.335 e. The number of hydrogen-bond acceptors (Lipinski definition) is 3. The van der Waals surface area contributed by atoms with E-state index in [0.717, 1.165) is 29.9 Å². The Labute approximate surface area is 130 Å². The van der Waals surface area contributed by atoms with E-state index in [2.05, 4.69) is 32.9 Å². The number of nitrogens with one attached hydrogen (secondary N) is 3. The van der Waals surface area contributed by atoms with E-state index in [1.54, 1.807) is 4.68 Å². The Morgan fingerprint density at radius 1 is 1.41 bits per heavy atom. The predicted octanol–water partition coefficient (Wildman–Crippen LogP) is 2.16. The molecule has 0 saturated heterocycles. The van der Waals surface area contributed by atoms with E-state index in [-0.39, 0.29) is 12.1 Å². The molecule has 2 heterocycles. The second kappa shape index (κ2) is 7.11. The predicted molar refractivity (Wildman–Crippen MR) is 85.8 cm³/mol. The standard InChI is InChI=1S/C15H24N6O/c1-5-6-12-9-14(21(4)20-12)17-15(22)16-10(2)7-13-8-11(3)18-19-13/h8-10H,5-7H2,1-4H3,(H,18,19)(H2,16,17,22). The van der Waals surface area contributed by atoms with E-state index >= 15 is 0 Å². The molecular weight excluding hydrogens is 280 g/mol.